The zero-order valence-corrected chi connectivity index (χ0v) is 6.23. The molecule has 0 unspecified atom stereocenters. The van der Waals surface area contributed by atoms with Crippen LogP contribution >= 0.6 is 0 Å². The molecule has 0 atom stereocenters. The van der Waals surface area contributed by atoms with Crippen LogP contribution in [0.3, 0.4) is 0 Å². The standard InChI is InChI=1S/C8H7N3O/c12-7-5-9-2-1-6(7)8-10-3-4-11-8/h1-5,12H,(H,10,11). The molecule has 2 aromatic rings. The lowest BCUT2D eigenvalue weighted by Crippen LogP contribution is -1.81. The Kier molecular flexibility index (Phi) is 1.51. The Balaban J connectivity index is 2.55. The second kappa shape index (κ2) is 2.65. The van der Waals surface area contributed by atoms with Gasteiger partial charge < -0.3 is 10.1 Å². The number of rotatable bonds is 1. The van der Waals surface area contributed by atoms with E-state index in [-0.39, 0.29) is 5.75 Å². The first-order valence-corrected chi connectivity index (χ1v) is 3.50. The van der Waals surface area contributed by atoms with Gasteiger partial charge in [-0.15, -0.1) is 0 Å². The van der Waals surface area contributed by atoms with Crippen molar-refractivity contribution in [3.05, 3.63) is 30.9 Å². The molecular weight excluding hydrogens is 154 g/mol. The number of H-pyrrole nitrogens is 1. The number of aromatic amines is 1. The number of nitrogens with zero attached hydrogens (tertiary/aromatic N) is 2. The Morgan fingerprint density at radius 1 is 1.33 bits per heavy atom. The number of hydrogen-bond donors (Lipinski definition) is 2. The minimum absolute atomic E-state index is 0.132. The minimum atomic E-state index is 0.132. The molecule has 0 spiro atoms. The van der Waals surface area contributed by atoms with Crippen LogP contribution in [-0.2, 0) is 0 Å². The molecule has 2 aromatic heterocycles. The summed E-state index contributed by atoms with van der Waals surface area (Å²) in [6.07, 6.45) is 6.33. The van der Waals surface area contributed by atoms with Crippen molar-refractivity contribution in [3.63, 3.8) is 0 Å². The quantitative estimate of drug-likeness (QED) is 0.660. The van der Waals surface area contributed by atoms with Crippen LogP contribution in [0.15, 0.2) is 30.9 Å². The first-order chi connectivity index (χ1) is 5.88. The van der Waals surface area contributed by atoms with Gasteiger partial charge in [0.25, 0.3) is 0 Å². The van der Waals surface area contributed by atoms with E-state index in [2.05, 4.69) is 15.0 Å². The Morgan fingerprint density at radius 3 is 2.92 bits per heavy atom. The number of imidazole rings is 1. The van der Waals surface area contributed by atoms with Crippen molar-refractivity contribution >= 4 is 0 Å². The van der Waals surface area contributed by atoms with Crippen molar-refractivity contribution in [1.82, 2.24) is 15.0 Å². The predicted molar refractivity (Wildman–Crippen MR) is 43.5 cm³/mol. The molecular formula is C8H7N3O. The van der Waals surface area contributed by atoms with E-state index in [0.29, 0.717) is 11.4 Å². The van der Waals surface area contributed by atoms with Gasteiger partial charge in [0.15, 0.2) is 0 Å². The summed E-state index contributed by atoms with van der Waals surface area (Å²) in [7, 11) is 0. The highest BCUT2D eigenvalue weighted by Crippen LogP contribution is 2.23. The zero-order chi connectivity index (χ0) is 8.39. The van der Waals surface area contributed by atoms with Crippen molar-refractivity contribution in [2.45, 2.75) is 0 Å². The summed E-state index contributed by atoms with van der Waals surface area (Å²) in [6.45, 7) is 0. The maximum atomic E-state index is 9.36. The fraction of sp³-hybridized carbons (Fsp3) is 0. The number of aromatic nitrogens is 3. The maximum Gasteiger partial charge on any atom is 0.144 e. The van der Waals surface area contributed by atoms with Crippen molar-refractivity contribution in [2.75, 3.05) is 0 Å². The molecule has 4 heteroatoms. The number of aromatic hydroxyl groups is 1. The molecule has 2 heterocycles. The smallest absolute Gasteiger partial charge is 0.144 e. The topological polar surface area (TPSA) is 61.8 Å². The number of pyridine rings is 1. The third kappa shape index (κ3) is 1.03. The van der Waals surface area contributed by atoms with Crippen LogP contribution in [0.1, 0.15) is 0 Å². The summed E-state index contributed by atoms with van der Waals surface area (Å²) in [5.74, 6) is 0.780. The van der Waals surface area contributed by atoms with Gasteiger partial charge in [0.05, 0.1) is 11.8 Å². The third-order valence-electron chi connectivity index (χ3n) is 1.55. The van der Waals surface area contributed by atoms with Crippen LogP contribution in [0, 0.1) is 0 Å². The summed E-state index contributed by atoms with van der Waals surface area (Å²) >= 11 is 0. The van der Waals surface area contributed by atoms with Crippen molar-refractivity contribution < 1.29 is 5.11 Å². The molecule has 0 aliphatic heterocycles. The van der Waals surface area contributed by atoms with Crippen LogP contribution in [0.2, 0.25) is 0 Å². The number of nitrogens with one attached hydrogen (secondary N) is 1. The second-order valence-electron chi connectivity index (χ2n) is 2.33. The van der Waals surface area contributed by atoms with E-state index in [9.17, 15) is 5.11 Å². The second-order valence-corrected chi connectivity index (χ2v) is 2.33. The van der Waals surface area contributed by atoms with Gasteiger partial charge in [0.2, 0.25) is 0 Å². The predicted octanol–water partition coefficient (Wildman–Crippen LogP) is 1.18. The van der Waals surface area contributed by atoms with E-state index in [1.165, 1.54) is 6.20 Å². The zero-order valence-electron chi connectivity index (χ0n) is 6.23. The van der Waals surface area contributed by atoms with Gasteiger partial charge in [0, 0.05) is 18.6 Å². The lowest BCUT2D eigenvalue weighted by atomic mass is 10.2. The van der Waals surface area contributed by atoms with Gasteiger partial charge in [0.1, 0.15) is 11.6 Å². The van der Waals surface area contributed by atoms with Crippen LogP contribution in [0.4, 0.5) is 0 Å². The first-order valence-electron chi connectivity index (χ1n) is 3.50. The van der Waals surface area contributed by atoms with Crippen LogP contribution < -0.4 is 0 Å². The van der Waals surface area contributed by atoms with E-state index in [0.717, 1.165) is 0 Å². The Bertz CT molecular complexity index is 370. The van der Waals surface area contributed by atoms with Gasteiger partial charge in [-0.05, 0) is 6.07 Å². The normalized spacial score (nSPS) is 10.0. The highest BCUT2D eigenvalue weighted by Gasteiger charge is 2.03. The van der Waals surface area contributed by atoms with Gasteiger partial charge in [-0.3, -0.25) is 4.98 Å². The van der Waals surface area contributed by atoms with Crippen molar-refractivity contribution in [1.29, 1.82) is 0 Å². The minimum Gasteiger partial charge on any atom is -0.506 e. The molecule has 60 valence electrons. The fourth-order valence-corrected chi connectivity index (χ4v) is 0.999. The Hall–Kier alpha value is -1.84. The van der Waals surface area contributed by atoms with E-state index in [1.54, 1.807) is 24.7 Å². The van der Waals surface area contributed by atoms with Gasteiger partial charge in [-0.25, -0.2) is 4.98 Å². The maximum absolute atomic E-state index is 9.36. The molecule has 0 saturated carbocycles. The molecule has 2 rings (SSSR count). The lowest BCUT2D eigenvalue weighted by Gasteiger charge is -1.97. The molecule has 12 heavy (non-hydrogen) atoms. The lowest BCUT2D eigenvalue weighted by molar-refractivity contribution is 0.474. The number of hydrogen-bond acceptors (Lipinski definition) is 3. The molecule has 0 bridgehead atoms. The van der Waals surface area contributed by atoms with E-state index in [1.807, 2.05) is 0 Å². The summed E-state index contributed by atoms with van der Waals surface area (Å²) in [6, 6.07) is 1.70. The molecule has 4 nitrogen and oxygen atoms in total. The molecule has 0 saturated heterocycles. The van der Waals surface area contributed by atoms with E-state index < -0.39 is 0 Å². The largest absolute Gasteiger partial charge is 0.506 e. The van der Waals surface area contributed by atoms with Gasteiger partial charge >= 0.3 is 0 Å². The van der Waals surface area contributed by atoms with E-state index in [4.69, 9.17) is 0 Å². The molecule has 0 aromatic carbocycles. The Morgan fingerprint density at radius 2 is 2.25 bits per heavy atom. The Labute approximate surface area is 68.9 Å². The van der Waals surface area contributed by atoms with Gasteiger partial charge in [-0.2, -0.15) is 0 Å². The fourth-order valence-electron chi connectivity index (χ4n) is 0.999. The average molecular weight is 161 g/mol. The summed E-state index contributed by atoms with van der Waals surface area (Å²) in [4.78, 5) is 10.7. The molecule has 0 aliphatic carbocycles. The van der Waals surface area contributed by atoms with Gasteiger partial charge in [-0.1, -0.05) is 0 Å². The highest BCUT2D eigenvalue weighted by atomic mass is 16.3. The summed E-state index contributed by atoms with van der Waals surface area (Å²) in [5, 5.41) is 9.36. The molecule has 0 radical (unpaired) electrons. The van der Waals surface area contributed by atoms with Crippen LogP contribution in [-0.4, -0.2) is 20.1 Å². The molecule has 0 fully saturated rings. The third-order valence-corrected chi connectivity index (χ3v) is 1.55. The summed E-state index contributed by atoms with van der Waals surface area (Å²) < 4.78 is 0. The highest BCUT2D eigenvalue weighted by molar-refractivity contribution is 5.61. The molecule has 0 amide bonds. The van der Waals surface area contributed by atoms with Crippen molar-refractivity contribution in [3.8, 4) is 17.1 Å². The van der Waals surface area contributed by atoms with E-state index >= 15 is 0 Å². The monoisotopic (exact) mass is 161 g/mol. The van der Waals surface area contributed by atoms with Crippen molar-refractivity contribution in [2.24, 2.45) is 0 Å². The van der Waals surface area contributed by atoms with Crippen LogP contribution in [0.5, 0.6) is 5.75 Å². The average Bonchev–Trinajstić information content (AvgIpc) is 2.57. The molecule has 2 N–H and O–H groups in total. The molecule has 0 aliphatic rings. The summed E-state index contributed by atoms with van der Waals surface area (Å²) in [5.41, 5.74) is 0.662. The SMILES string of the molecule is Oc1cnccc1-c1ncc[nH]1. The van der Waals surface area contributed by atoms with Crippen LogP contribution in [0.25, 0.3) is 11.4 Å². The first kappa shape index (κ1) is 6.84.